The molecule has 1 atom stereocenters. The number of para-hydroxylation sites is 1. The Hall–Kier alpha value is -1.51. The monoisotopic (exact) mass is 289 g/mol. The fourth-order valence-corrected chi connectivity index (χ4v) is 2.38. The van der Waals surface area contributed by atoms with E-state index < -0.39 is 0 Å². The Morgan fingerprint density at radius 3 is 2.50 bits per heavy atom. The fraction of sp³-hybridized carbons (Fsp3) is 0.294. The molecular formula is C17H20ClNO. The third-order valence-electron chi connectivity index (χ3n) is 3.17. The second-order valence-corrected chi connectivity index (χ2v) is 5.53. The zero-order chi connectivity index (χ0) is 14.5. The molecule has 0 saturated heterocycles. The highest BCUT2D eigenvalue weighted by atomic mass is 35.5. The maximum absolute atomic E-state index is 6.15. The van der Waals surface area contributed by atoms with Crippen LogP contribution in [0.4, 0.5) is 0 Å². The van der Waals surface area contributed by atoms with Gasteiger partial charge in [0, 0.05) is 16.6 Å². The van der Waals surface area contributed by atoms with Gasteiger partial charge in [-0.05, 0) is 37.5 Å². The molecule has 2 N–H and O–H groups in total. The molecule has 1 unspecified atom stereocenters. The molecule has 0 heterocycles. The number of hydrogen-bond acceptors (Lipinski definition) is 2. The molecule has 0 bridgehead atoms. The van der Waals surface area contributed by atoms with E-state index in [2.05, 4.69) is 6.07 Å². The number of halogens is 1. The highest BCUT2D eigenvalue weighted by Gasteiger charge is 2.10. The molecule has 0 aliphatic carbocycles. The van der Waals surface area contributed by atoms with E-state index in [1.807, 2.05) is 50.2 Å². The zero-order valence-corrected chi connectivity index (χ0v) is 12.7. The van der Waals surface area contributed by atoms with Gasteiger partial charge in [-0.1, -0.05) is 48.0 Å². The smallest absolute Gasteiger partial charge is 0.125 e. The van der Waals surface area contributed by atoms with E-state index in [1.165, 1.54) is 0 Å². The summed E-state index contributed by atoms with van der Waals surface area (Å²) >= 11 is 6.15. The van der Waals surface area contributed by atoms with Crippen LogP contribution < -0.4 is 10.5 Å². The molecule has 106 valence electrons. The molecule has 0 fully saturated rings. The van der Waals surface area contributed by atoms with Crippen molar-refractivity contribution in [2.24, 2.45) is 5.73 Å². The third-order valence-corrected chi connectivity index (χ3v) is 3.53. The summed E-state index contributed by atoms with van der Waals surface area (Å²) in [6.07, 6.45) is 0.805. The predicted molar refractivity (Wildman–Crippen MR) is 84.3 cm³/mol. The van der Waals surface area contributed by atoms with Crippen LogP contribution in [0.1, 0.15) is 23.6 Å². The molecular weight excluding hydrogens is 270 g/mol. The van der Waals surface area contributed by atoms with Crippen molar-refractivity contribution < 1.29 is 4.74 Å². The van der Waals surface area contributed by atoms with Crippen LogP contribution in [-0.4, -0.2) is 6.04 Å². The molecule has 0 saturated carbocycles. The van der Waals surface area contributed by atoms with Crippen LogP contribution in [0.3, 0.4) is 0 Å². The maximum atomic E-state index is 6.15. The number of hydrogen-bond donors (Lipinski definition) is 1. The summed E-state index contributed by atoms with van der Waals surface area (Å²) in [5.74, 6) is 0.921. The number of benzene rings is 2. The third kappa shape index (κ3) is 3.75. The van der Waals surface area contributed by atoms with Crippen molar-refractivity contribution in [3.8, 4) is 5.75 Å². The first kappa shape index (κ1) is 14.9. The molecule has 0 amide bonds. The minimum atomic E-state index is 0.111. The lowest BCUT2D eigenvalue weighted by Crippen LogP contribution is -2.18. The van der Waals surface area contributed by atoms with E-state index in [0.29, 0.717) is 6.61 Å². The predicted octanol–water partition coefficient (Wildman–Crippen LogP) is 4.12. The maximum Gasteiger partial charge on any atom is 0.125 e. The van der Waals surface area contributed by atoms with Crippen LogP contribution in [0.5, 0.6) is 5.75 Å². The average molecular weight is 290 g/mol. The molecule has 0 radical (unpaired) electrons. The summed E-state index contributed by atoms with van der Waals surface area (Å²) in [4.78, 5) is 0. The van der Waals surface area contributed by atoms with Gasteiger partial charge in [0.05, 0.1) is 0 Å². The summed E-state index contributed by atoms with van der Waals surface area (Å²) in [7, 11) is 0. The first-order valence-corrected chi connectivity index (χ1v) is 7.16. The fourth-order valence-electron chi connectivity index (χ4n) is 2.19. The Labute approximate surface area is 125 Å². The van der Waals surface area contributed by atoms with Crippen LogP contribution in [0.2, 0.25) is 5.02 Å². The minimum Gasteiger partial charge on any atom is -0.488 e. The van der Waals surface area contributed by atoms with Crippen molar-refractivity contribution in [3.05, 3.63) is 64.2 Å². The molecule has 0 aliphatic heterocycles. The first-order valence-electron chi connectivity index (χ1n) is 6.78. The van der Waals surface area contributed by atoms with Gasteiger partial charge >= 0.3 is 0 Å². The van der Waals surface area contributed by atoms with E-state index in [9.17, 15) is 0 Å². The Kier molecular flexibility index (Phi) is 5.05. The summed E-state index contributed by atoms with van der Waals surface area (Å²) in [6, 6.07) is 14.0. The van der Waals surface area contributed by atoms with Gasteiger partial charge in [-0.15, -0.1) is 0 Å². The lowest BCUT2D eigenvalue weighted by atomic mass is 10.0. The van der Waals surface area contributed by atoms with Gasteiger partial charge in [-0.3, -0.25) is 0 Å². The van der Waals surface area contributed by atoms with Crippen molar-refractivity contribution in [1.82, 2.24) is 0 Å². The van der Waals surface area contributed by atoms with Gasteiger partial charge in [-0.2, -0.15) is 0 Å². The van der Waals surface area contributed by atoms with Crippen LogP contribution in [0.25, 0.3) is 0 Å². The molecule has 2 aromatic carbocycles. The lowest BCUT2D eigenvalue weighted by Gasteiger charge is -2.16. The number of nitrogens with two attached hydrogens (primary N) is 1. The molecule has 0 aromatic heterocycles. The van der Waals surface area contributed by atoms with Gasteiger partial charge in [-0.25, -0.2) is 0 Å². The molecule has 2 rings (SSSR count). The van der Waals surface area contributed by atoms with Gasteiger partial charge in [0.1, 0.15) is 12.4 Å². The van der Waals surface area contributed by atoms with Crippen LogP contribution >= 0.6 is 11.6 Å². The van der Waals surface area contributed by atoms with E-state index in [4.69, 9.17) is 22.1 Å². The standard InChI is InChI=1S/C17H20ClNO/c1-12-6-5-8-14(10-13(2)19)17(12)20-11-15-7-3-4-9-16(15)18/h3-9,13H,10-11,19H2,1-2H3. The Morgan fingerprint density at radius 2 is 1.80 bits per heavy atom. The molecule has 3 heteroatoms. The van der Waals surface area contributed by atoms with Gasteiger partial charge < -0.3 is 10.5 Å². The first-order chi connectivity index (χ1) is 9.58. The SMILES string of the molecule is Cc1cccc(CC(C)N)c1OCc1ccccc1Cl. The second kappa shape index (κ2) is 6.78. The zero-order valence-electron chi connectivity index (χ0n) is 11.9. The second-order valence-electron chi connectivity index (χ2n) is 5.12. The van der Waals surface area contributed by atoms with Crippen molar-refractivity contribution in [2.45, 2.75) is 32.9 Å². The van der Waals surface area contributed by atoms with E-state index in [-0.39, 0.29) is 6.04 Å². The largest absolute Gasteiger partial charge is 0.488 e. The van der Waals surface area contributed by atoms with Crippen molar-refractivity contribution in [1.29, 1.82) is 0 Å². The van der Waals surface area contributed by atoms with Crippen molar-refractivity contribution >= 4 is 11.6 Å². The summed E-state index contributed by atoms with van der Waals surface area (Å²) in [6.45, 7) is 4.52. The minimum absolute atomic E-state index is 0.111. The molecule has 20 heavy (non-hydrogen) atoms. The van der Waals surface area contributed by atoms with Crippen LogP contribution in [0, 0.1) is 6.92 Å². The normalized spacial score (nSPS) is 12.2. The van der Waals surface area contributed by atoms with Gasteiger partial charge in [0.25, 0.3) is 0 Å². The van der Waals surface area contributed by atoms with Gasteiger partial charge in [0.15, 0.2) is 0 Å². The highest BCUT2D eigenvalue weighted by molar-refractivity contribution is 6.31. The number of ether oxygens (including phenoxy) is 1. The van der Waals surface area contributed by atoms with Crippen LogP contribution in [0.15, 0.2) is 42.5 Å². The van der Waals surface area contributed by atoms with E-state index >= 15 is 0 Å². The van der Waals surface area contributed by atoms with E-state index in [1.54, 1.807) is 0 Å². The summed E-state index contributed by atoms with van der Waals surface area (Å²) in [5.41, 5.74) is 9.15. The molecule has 0 aliphatic rings. The molecule has 0 spiro atoms. The molecule has 2 nitrogen and oxygen atoms in total. The van der Waals surface area contributed by atoms with Crippen molar-refractivity contribution in [3.63, 3.8) is 0 Å². The highest BCUT2D eigenvalue weighted by Crippen LogP contribution is 2.26. The van der Waals surface area contributed by atoms with Crippen molar-refractivity contribution in [2.75, 3.05) is 0 Å². The van der Waals surface area contributed by atoms with Gasteiger partial charge in [0.2, 0.25) is 0 Å². The van der Waals surface area contributed by atoms with E-state index in [0.717, 1.165) is 33.9 Å². The number of rotatable bonds is 5. The summed E-state index contributed by atoms with van der Waals surface area (Å²) in [5, 5.41) is 0.731. The topological polar surface area (TPSA) is 35.2 Å². The molecule has 2 aromatic rings. The quantitative estimate of drug-likeness (QED) is 0.899. The Bertz CT molecular complexity index is 581. The Morgan fingerprint density at radius 1 is 1.10 bits per heavy atom. The number of aryl methyl sites for hydroxylation is 1. The van der Waals surface area contributed by atoms with Crippen LogP contribution in [-0.2, 0) is 13.0 Å². The summed E-state index contributed by atoms with van der Waals surface area (Å²) < 4.78 is 6.00. The lowest BCUT2D eigenvalue weighted by molar-refractivity contribution is 0.300. The average Bonchev–Trinajstić information content (AvgIpc) is 2.39. The Balaban J connectivity index is 2.18.